The van der Waals surface area contributed by atoms with Crippen LogP contribution in [0.4, 0.5) is 5.69 Å². The lowest BCUT2D eigenvalue weighted by Gasteiger charge is -2.01. The summed E-state index contributed by atoms with van der Waals surface area (Å²) < 4.78 is 4.16. The molecule has 0 atom stereocenters. The molecule has 1 amide bonds. The summed E-state index contributed by atoms with van der Waals surface area (Å²) in [4.78, 5) is 11.1. The molecule has 15 heavy (non-hydrogen) atoms. The van der Waals surface area contributed by atoms with Crippen LogP contribution >= 0.6 is 11.5 Å². The predicted octanol–water partition coefficient (Wildman–Crippen LogP) is 2.15. The molecule has 1 aromatic heterocycles. The molecule has 0 saturated heterocycles. The average molecular weight is 217 g/mol. The maximum absolute atomic E-state index is 11.1. The zero-order chi connectivity index (χ0) is 10.7. The van der Waals surface area contributed by atoms with E-state index in [-0.39, 0.29) is 12.3 Å². The topological polar surface area (TPSA) is 65.8 Å². The molecular weight excluding hydrogens is 210 g/mol. The lowest BCUT2D eigenvalue weighted by atomic mass is 10.2. The van der Waals surface area contributed by atoms with Gasteiger partial charge in [0.15, 0.2) is 0 Å². The number of nitrogens with zero attached hydrogens (tertiary/aromatic N) is 2. The van der Waals surface area contributed by atoms with Crippen LogP contribution in [0.15, 0.2) is 23.6 Å². The molecule has 1 aromatic carbocycles. The first-order chi connectivity index (χ1) is 7.29. The molecule has 2 aromatic rings. The lowest BCUT2D eigenvalue weighted by molar-refractivity contribution is -0.115. The number of amides is 1. The molecule has 0 spiro atoms. The number of aromatic nitrogens is 1. The minimum Gasteiger partial charge on any atom is -0.325 e. The second-order valence-corrected chi connectivity index (χ2v) is 3.60. The van der Waals surface area contributed by atoms with Crippen molar-refractivity contribution >= 4 is 34.0 Å². The third kappa shape index (κ3) is 2.11. The number of carbonyl (C=O) groups is 1. The molecule has 0 aliphatic rings. The summed E-state index contributed by atoms with van der Waals surface area (Å²) in [5, 5.41) is 14.0. The average Bonchev–Trinajstić information content (AvgIpc) is 2.65. The predicted molar refractivity (Wildman–Crippen MR) is 58.5 cm³/mol. The Morgan fingerprint density at radius 3 is 3.27 bits per heavy atom. The van der Waals surface area contributed by atoms with E-state index >= 15 is 0 Å². The van der Waals surface area contributed by atoms with Gasteiger partial charge in [0.1, 0.15) is 6.42 Å². The van der Waals surface area contributed by atoms with Crippen molar-refractivity contribution < 1.29 is 4.79 Å². The van der Waals surface area contributed by atoms with Crippen molar-refractivity contribution in [3.63, 3.8) is 0 Å². The molecule has 0 bridgehead atoms. The Morgan fingerprint density at radius 2 is 2.47 bits per heavy atom. The van der Waals surface area contributed by atoms with Gasteiger partial charge in [-0.25, -0.2) is 0 Å². The normalized spacial score (nSPS) is 9.80. The molecule has 0 unspecified atom stereocenters. The third-order valence-electron chi connectivity index (χ3n) is 1.88. The molecule has 2 rings (SSSR count). The van der Waals surface area contributed by atoms with E-state index in [1.165, 1.54) is 11.5 Å². The number of hydrogen-bond donors (Lipinski definition) is 1. The second-order valence-electron chi connectivity index (χ2n) is 2.97. The summed E-state index contributed by atoms with van der Waals surface area (Å²) >= 11 is 1.38. The van der Waals surface area contributed by atoms with E-state index in [4.69, 9.17) is 5.26 Å². The van der Waals surface area contributed by atoms with Gasteiger partial charge in [-0.1, -0.05) is 0 Å². The molecule has 5 heteroatoms. The van der Waals surface area contributed by atoms with Gasteiger partial charge >= 0.3 is 0 Å². The SMILES string of the molecule is N#CCC(=O)Nc1ccc2csnc2c1. The van der Waals surface area contributed by atoms with Crippen molar-refractivity contribution in [3.05, 3.63) is 23.6 Å². The van der Waals surface area contributed by atoms with Gasteiger partial charge in [-0.3, -0.25) is 4.79 Å². The Balaban J connectivity index is 2.22. The van der Waals surface area contributed by atoms with E-state index in [9.17, 15) is 4.79 Å². The highest BCUT2D eigenvalue weighted by Crippen LogP contribution is 2.19. The highest BCUT2D eigenvalue weighted by atomic mass is 32.1. The number of anilines is 1. The van der Waals surface area contributed by atoms with E-state index in [0.29, 0.717) is 5.69 Å². The quantitative estimate of drug-likeness (QED) is 0.838. The maximum Gasteiger partial charge on any atom is 0.238 e. The highest BCUT2D eigenvalue weighted by molar-refractivity contribution is 7.04. The standard InChI is InChI=1S/C10H7N3OS/c11-4-3-10(14)12-8-2-1-7-6-15-13-9(7)5-8/h1-2,5-6H,3H2,(H,12,14). The van der Waals surface area contributed by atoms with Gasteiger partial charge in [-0.15, -0.1) is 0 Å². The van der Waals surface area contributed by atoms with Crippen LogP contribution in [-0.4, -0.2) is 10.3 Å². The molecule has 1 heterocycles. The summed E-state index contributed by atoms with van der Waals surface area (Å²) in [6.07, 6.45) is -0.130. The summed E-state index contributed by atoms with van der Waals surface area (Å²) in [5.41, 5.74) is 1.53. The molecule has 4 nitrogen and oxygen atoms in total. The lowest BCUT2D eigenvalue weighted by Crippen LogP contribution is -2.09. The van der Waals surface area contributed by atoms with Crippen molar-refractivity contribution in [1.29, 1.82) is 5.26 Å². The second kappa shape index (κ2) is 4.07. The summed E-state index contributed by atoms with van der Waals surface area (Å²) in [6.45, 7) is 0. The monoisotopic (exact) mass is 217 g/mol. The van der Waals surface area contributed by atoms with Gasteiger partial charge in [0, 0.05) is 16.5 Å². The molecular formula is C10H7N3OS. The number of rotatable bonds is 2. The molecule has 0 fully saturated rings. The summed E-state index contributed by atoms with van der Waals surface area (Å²) in [6, 6.07) is 7.27. The van der Waals surface area contributed by atoms with Crippen LogP contribution in [0.2, 0.25) is 0 Å². The number of fused-ring (bicyclic) bond motifs is 1. The number of hydrogen-bond acceptors (Lipinski definition) is 4. The van der Waals surface area contributed by atoms with Crippen LogP contribution in [0, 0.1) is 11.3 Å². The Bertz CT molecular complexity index is 541. The zero-order valence-electron chi connectivity index (χ0n) is 7.73. The Labute approximate surface area is 90.3 Å². The van der Waals surface area contributed by atoms with Crippen LogP contribution in [0.25, 0.3) is 10.9 Å². The molecule has 74 valence electrons. The first-order valence-electron chi connectivity index (χ1n) is 4.30. The van der Waals surface area contributed by atoms with Gasteiger partial charge < -0.3 is 5.32 Å². The van der Waals surface area contributed by atoms with Crippen molar-refractivity contribution in [1.82, 2.24) is 4.37 Å². The fourth-order valence-corrected chi connectivity index (χ4v) is 1.85. The van der Waals surface area contributed by atoms with Gasteiger partial charge in [-0.05, 0) is 29.7 Å². The first-order valence-corrected chi connectivity index (χ1v) is 5.14. The van der Waals surface area contributed by atoms with Gasteiger partial charge in [-0.2, -0.15) is 9.64 Å². The Kier molecular flexibility index (Phi) is 2.61. The van der Waals surface area contributed by atoms with Crippen molar-refractivity contribution in [3.8, 4) is 6.07 Å². The highest BCUT2D eigenvalue weighted by Gasteiger charge is 2.02. The van der Waals surface area contributed by atoms with E-state index in [0.717, 1.165) is 10.9 Å². The fraction of sp³-hybridized carbons (Fsp3) is 0.100. The number of carbonyl (C=O) groups excluding carboxylic acids is 1. The first kappa shape index (κ1) is 9.62. The summed E-state index contributed by atoms with van der Waals surface area (Å²) in [5.74, 6) is -0.299. The molecule has 1 N–H and O–H groups in total. The molecule has 0 aliphatic heterocycles. The van der Waals surface area contributed by atoms with E-state index in [1.807, 2.05) is 11.4 Å². The van der Waals surface area contributed by atoms with Crippen LogP contribution in [-0.2, 0) is 4.79 Å². The minimum absolute atomic E-state index is 0.130. The van der Waals surface area contributed by atoms with Crippen molar-refractivity contribution in [2.24, 2.45) is 0 Å². The zero-order valence-corrected chi connectivity index (χ0v) is 8.54. The minimum atomic E-state index is -0.299. The van der Waals surface area contributed by atoms with Gasteiger partial charge in [0.05, 0.1) is 11.6 Å². The smallest absolute Gasteiger partial charge is 0.238 e. The van der Waals surface area contributed by atoms with Crippen molar-refractivity contribution in [2.45, 2.75) is 6.42 Å². The number of nitrogens with one attached hydrogen (secondary N) is 1. The molecule has 0 saturated carbocycles. The number of benzene rings is 1. The summed E-state index contributed by atoms with van der Waals surface area (Å²) in [7, 11) is 0. The maximum atomic E-state index is 11.1. The molecule has 0 radical (unpaired) electrons. The largest absolute Gasteiger partial charge is 0.325 e. The van der Waals surface area contributed by atoms with Gasteiger partial charge in [0.25, 0.3) is 0 Å². The molecule has 0 aliphatic carbocycles. The van der Waals surface area contributed by atoms with Crippen LogP contribution in [0.5, 0.6) is 0 Å². The van der Waals surface area contributed by atoms with Crippen molar-refractivity contribution in [2.75, 3.05) is 5.32 Å². The van der Waals surface area contributed by atoms with E-state index < -0.39 is 0 Å². The number of nitriles is 1. The van der Waals surface area contributed by atoms with E-state index in [1.54, 1.807) is 18.2 Å². The van der Waals surface area contributed by atoms with Crippen LogP contribution in [0.3, 0.4) is 0 Å². The van der Waals surface area contributed by atoms with Gasteiger partial charge in [0.2, 0.25) is 5.91 Å². The van der Waals surface area contributed by atoms with Crippen LogP contribution < -0.4 is 5.32 Å². The Morgan fingerprint density at radius 1 is 1.60 bits per heavy atom. The Hall–Kier alpha value is -1.93. The van der Waals surface area contributed by atoms with Crippen LogP contribution in [0.1, 0.15) is 6.42 Å². The third-order valence-corrected chi connectivity index (χ3v) is 2.55. The fourth-order valence-electron chi connectivity index (χ4n) is 1.22. The van der Waals surface area contributed by atoms with E-state index in [2.05, 4.69) is 9.69 Å².